The third-order valence-corrected chi connectivity index (χ3v) is 3.29. The van der Waals surface area contributed by atoms with E-state index >= 15 is 0 Å². The average molecular weight is 274 g/mol. The van der Waals surface area contributed by atoms with Crippen LogP contribution in [0.15, 0.2) is 0 Å². The Labute approximate surface area is 114 Å². The van der Waals surface area contributed by atoms with Crippen molar-refractivity contribution in [2.75, 3.05) is 6.61 Å². The maximum atomic E-state index is 12.3. The first kappa shape index (κ1) is 15.2. The maximum Gasteiger partial charge on any atom is 0.413 e. The lowest BCUT2D eigenvalue weighted by Crippen LogP contribution is -2.60. The Hall–Kier alpha value is -0.880. The molecule has 0 aromatic heterocycles. The molecule has 0 aromatic carbocycles. The standard InChI is InChI=1S/C12H22N2O3S/c1-10(2,3)17-9(15)14-11(4,5)16-7-12(14,6)8(13)18/h7H2,1-6H3,(H2,13,18). The number of amides is 1. The summed E-state index contributed by atoms with van der Waals surface area (Å²) in [5, 5.41) is 0. The van der Waals surface area contributed by atoms with Crippen molar-refractivity contribution < 1.29 is 14.3 Å². The molecule has 1 fully saturated rings. The van der Waals surface area contributed by atoms with Gasteiger partial charge in [-0.1, -0.05) is 12.2 Å². The molecular formula is C12H22N2O3S. The molecule has 6 heteroatoms. The fourth-order valence-electron chi connectivity index (χ4n) is 1.95. The van der Waals surface area contributed by atoms with Crippen LogP contribution < -0.4 is 5.73 Å². The highest BCUT2D eigenvalue weighted by atomic mass is 32.1. The quantitative estimate of drug-likeness (QED) is 0.741. The number of hydrogen-bond donors (Lipinski definition) is 1. The van der Waals surface area contributed by atoms with Gasteiger partial charge >= 0.3 is 6.09 Å². The summed E-state index contributed by atoms with van der Waals surface area (Å²) < 4.78 is 11.0. The van der Waals surface area contributed by atoms with Gasteiger partial charge in [-0.2, -0.15) is 0 Å². The Morgan fingerprint density at radius 2 is 1.89 bits per heavy atom. The zero-order valence-corrected chi connectivity index (χ0v) is 12.7. The van der Waals surface area contributed by atoms with Crippen LogP contribution in [-0.4, -0.2) is 39.5 Å². The van der Waals surface area contributed by atoms with Crippen molar-refractivity contribution in [1.29, 1.82) is 0 Å². The first-order valence-corrected chi connectivity index (χ1v) is 6.28. The molecule has 0 saturated carbocycles. The van der Waals surface area contributed by atoms with E-state index in [1.165, 1.54) is 4.90 Å². The predicted molar refractivity (Wildman–Crippen MR) is 73.3 cm³/mol. The lowest BCUT2D eigenvalue weighted by Gasteiger charge is -2.39. The SMILES string of the molecule is CC(C)(C)OC(=O)N1C(C)(C)OCC1(C)C(N)=S. The molecule has 2 N–H and O–H groups in total. The molecule has 1 heterocycles. The number of nitrogens with zero attached hydrogens (tertiary/aromatic N) is 1. The van der Waals surface area contributed by atoms with Gasteiger partial charge < -0.3 is 15.2 Å². The van der Waals surface area contributed by atoms with Crippen LogP contribution in [0.25, 0.3) is 0 Å². The molecule has 0 radical (unpaired) electrons. The smallest absolute Gasteiger partial charge is 0.413 e. The molecule has 0 bridgehead atoms. The topological polar surface area (TPSA) is 64.8 Å². The van der Waals surface area contributed by atoms with Crippen molar-refractivity contribution in [2.24, 2.45) is 5.73 Å². The molecule has 1 saturated heterocycles. The molecule has 1 amide bonds. The van der Waals surface area contributed by atoms with Crippen LogP contribution >= 0.6 is 12.2 Å². The zero-order chi connectivity index (χ0) is 14.4. The van der Waals surface area contributed by atoms with Gasteiger partial charge in [-0.15, -0.1) is 0 Å². The number of nitrogens with two attached hydrogens (primary N) is 1. The molecule has 5 nitrogen and oxygen atoms in total. The molecule has 104 valence electrons. The van der Waals surface area contributed by atoms with E-state index < -0.39 is 23.0 Å². The van der Waals surface area contributed by atoms with Gasteiger partial charge in [0.2, 0.25) is 0 Å². The van der Waals surface area contributed by atoms with Gasteiger partial charge in [0, 0.05) is 0 Å². The molecule has 0 spiro atoms. The second-order valence-electron chi connectivity index (χ2n) is 6.19. The summed E-state index contributed by atoms with van der Waals surface area (Å²) in [7, 11) is 0. The summed E-state index contributed by atoms with van der Waals surface area (Å²) >= 11 is 5.06. The second-order valence-corrected chi connectivity index (χ2v) is 6.63. The van der Waals surface area contributed by atoms with Crippen LogP contribution in [-0.2, 0) is 9.47 Å². The molecular weight excluding hydrogens is 252 g/mol. The normalized spacial score (nSPS) is 27.1. The van der Waals surface area contributed by atoms with Crippen LogP contribution in [0.5, 0.6) is 0 Å². The summed E-state index contributed by atoms with van der Waals surface area (Å²) in [6, 6.07) is 0. The van der Waals surface area contributed by atoms with Gasteiger partial charge in [0.1, 0.15) is 21.9 Å². The van der Waals surface area contributed by atoms with Crippen LogP contribution in [0.4, 0.5) is 4.79 Å². The summed E-state index contributed by atoms with van der Waals surface area (Å²) in [5.41, 5.74) is 3.56. The van der Waals surface area contributed by atoms with E-state index in [9.17, 15) is 4.79 Å². The fraction of sp³-hybridized carbons (Fsp3) is 0.833. The number of carbonyl (C=O) groups excluding carboxylic acids is 1. The Morgan fingerprint density at radius 1 is 1.39 bits per heavy atom. The zero-order valence-electron chi connectivity index (χ0n) is 11.9. The van der Waals surface area contributed by atoms with Gasteiger partial charge in [0.25, 0.3) is 0 Å². The van der Waals surface area contributed by atoms with Crippen molar-refractivity contribution in [2.45, 2.75) is 58.4 Å². The minimum Gasteiger partial charge on any atom is -0.444 e. The Morgan fingerprint density at radius 3 is 2.28 bits per heavy atom. The van der Waals surface area contributed by atoms with Crippen LogP contribution in [0.1, 0.15) is 41.5 Å². The third-order valence-electron chi connectivity index (χ3n) is 2.85. The third kappa shape index (κ3) is 2.75. The minimum absolute atomic E-state index is 0.221. The summed E-state index contributed by atoms with van der Waals surface area (Å²) in [6.45, 7) is 11.1. The van der Waals surface area contributed by atoms with E-state index in [0.29, 0.717) is 0 Å². The van der Waals surface area contributed by atoms with Gasteiger partial charge in [0.15, 0.2) is 0 Å². The molecule has 1 rings (SSSR count). The van der Waals surface area contributed by atoms with Gasteiger partial charge in [-0.05, 0) is 41.5 Å². The molecule has 0 aliphatic carbocycles. The van der Waals surface area contributed by atoms with Crippen LogP contribution in [0, 0.1) is 0 Å². The van der Waals surface area contributed by atoms with Crippen molar-refractivity contribution in [1.82, 2.24) is 4.90 Å². The fourth-order valence-corrected chi connectivity index (χ4v) is 2.10. The second kappa shape index (κ2) is 4.35. The molecule has 0 aromatic rings. The van der Waals surface area contributed by atoms with Gasteiger partial charge in [-0.25, -0.2) is 4.79 Å². The molecule has 1 aliphatic rings. The Balaban J connectivity index is 3.07. The summed E-state index contributed by atoms with van der Waals surface area (Å²) in [4.78, 5) is 14.0. The van der Waals surface area contributed by atoms with Crippen LogP contribution in [0.3, 0.4) is 0 Å². The lowest BCUT2D eigenvalue weighted by atomic mass is 10.0. The van der Waals surface area contributed by atoms with Crippen molar-refractivity contribution in [3.8, 4) is 0 Å². The highest BCUT2D eigenvalue weighted by Crippen LogP contribution is 2.36. The number of rotatable bonds is 1. The summed E-state index contributed by atoms with van der Waals surface area (Å²) in [5.74, 6) is 0. The van der Waals surface area contributed by atoms with Crippen molar-refractivity contribution >= 4 is 23.3 Å². The first-order valence-electron chi connectivity index (χ1n) is 5.87. The van der Waals surface area contributed by atoms with E-state index in [4.69, 9.17) is 27.4 Å². The average Bonchev–Trinajstić information content (AvgIpc) is 2.35. The van der Waals surface area contributed by atoms with Crippen molar-refractivity contribution in [3.05, 3.63) is 0 Å². The maximum absolute atomic E-state index is 12.3. The number of ether oxygens (including phenoxy) is 2. The number of carbonyl (C=O) groups is 1. The minimum atomic E-state index is -0.818. The van der Waals surface area contributed by atoms with E-state index in [2.05, 4.69) is 0 Å². The summed E-state index contributed by atoms with van der Waals surface area (Å²) in [6.07, 6.45) is -0.472. The lowest BCUT2D eigenvalue weighted by molar-refractivity contribution is -0.0641. The molecule has 18 heavy (non-hydrogen) atoms. The Kier molecular flexibility index (Phi) is 3.66. The first-order chi connectivity index (χ1) is 7.90. The van der Waals surface area contributed by atoms with Gasteiger partial charge in [0.05, 0.1) is 6.61 Å². The van der Waals surface area contributed by atoms with E-state index in [-0.39, 0.29) is 11.6 Å². The predicted octanol–water partition coefficient (Wildman–Crippen LogP) is 2.03. The highest BCUT2D eigenvalue weighted by molar-refractivity contribution is 7.80. The van der Waals surface area contributed by atoms with Crippen molar-refractivity contribution in [3.63, 3.8) is 0 Å². The number of hydrogen-bond acceptors (Lipinski definition) is 4. The Bertz CT molecular complexity index is 376. The van der Waals surface area contributed by atoms with Crippen LogP contribution in [0.2, 0.25) is 0 Å². The molecule has 1 unspecified atom stereocenters. The largest absolute Gasteiger partial charge is 0.444 e. The highest BCUT2D eigenvalue weighted by Gasteiger charge is 2.54. The molecule has 1 atom stereocenters. The van der Waals surface area contributed by atoms with Gasteiger partial charge in [-0.3, -0.25) is 4.90 Å². The van der Waals surface area contributed by atoms with E-state index in [1.54, 1.807) is 20.8 Å². The monoisotopic (exact) mass is 274 g/mol. The number of thiocarbonyl (C=S) groups is 1. The van der Waals surface area contributed by atoms with E-state index in [1.807, 2.05) is 20.8 Å². The molecule has 1 aliphatic heterocycles. The van der Waals surface area contributed by atoms with E-state index in [0.717, 1.165) is 0 Å².